The van der Waals surface area contributed by atoms with Gasteiger partial charge in [-0.3, -0.25) is 0 Å². The molecule has 2 aliphatic rings. The third-order valence-electron chi connectivity index (χ3n) is 4.78. The van der Waals surface area contributed by atoms with Crippen molar-refractivity contribution in [3.63, 3.8) is 0 Å². The average molecular weight is 297 g/mol. The summed E-state index contributed by atoms with van der Waals surface area (Å²) < 4.78 is 0. The lowest BCUT2D eigenvalue weighted by Gasteiger charge is -2.40. The molecule has 1 aliphatic heterocycles. The summed E-state index contributed by atoms with van der Waals surface area (Å²) in [4.78, 5) is 19.6. The SMILES string of the molecule is Nc1ccnc(N2CCCC3(CCc4cnc(N)nc43)C2)n1. The van der Waals surface area contributed by atoms with Crippen molar-refractivity contribution in [2.24, 2.45) is 0 Å². The van der Waals surface area contributed by atoms with Gasteiger partial charge in [-0.15, -0.1) is 0 Å². The lowest BCUT2D eigenvalue weighted by molar-refractivity contribution is 0.332. The summed E-state index contributed by atoms with van der Waals surface area (Å²) in [6.45, 7) is 1.81. The second-order valence-corrected chi connectivity index (χ2v) is 6.19. The van der Waals surface area contributed by atoms with Crippen molar-refractivity contribution in [2.75, 3.05) is 29.5 Å². The maximum absolute atomic E-state index is 5.81. The van der Waals surface area contributed by atoms with Crippen molar-refractivity contribution in [1.82, 2.24) is 19.9 Å². The molecule has 3 heterocycles. The van der Waals surface area contributed by atoms with Gasteiger partial charge in [-0.05, 0) is 37.3 Å². The van der Waals surface area contributed by atoms with E-state index in [9.17, 15) is 0 Å². The molecule has 2 aromatic rings. The third kappa shape index (κ3) is 2.04. The minimum absolute atomic E-state index is 0.0403. The Bertz CT molecular complexity index is 713. The highest BCUT2D eigenvalue weighted by molar-refractivity contribution is 5.43. The largest absolute Gasteiger partial charge is 0.384 e. The Balaban J connectivity index is 1.69. The maximum Gasteiger partial charge on any atom is 0.227 e. The van der Waals surface area contributed by atoms with Gasteiger partial charge in [-0.1, -0.05) is 0 Å². The van der Waals surface area contributed by atoms with E-state index >= 15 is 0 Å². The van der Waals surface area contributed by atoms with Gasteiger partial charge in [0.05, 0.1) is 5.69 Å². The van der Waals surface area contributed by atoms with Crippen molar-refractivity contribution >= 4 is 17.7 Å². The maximum atomic E-state index is 5.81. The summed E-state index contributed by atoms with van der Waals surface area (Å²) in [5, 5.41) is 0. The molecule has 1 saturated heterocycles. The average Bonchev–Trinajstić information content (AvgIpc) is 2.85. The first-order valence-electron chi connectivity index (χ1n) is 7.62. The minimum Gasteiger partial charge on any atom is -0.384 e. The summed E-state index contributed by atoms with van der Waals surface area (Å²) in [5.74, 6) is 1.56. The van der Waals surface area contributed by atoms with E-state index < -0.39 is 0 Å². The van der Waals surface area contributed by atoms with Gasteiger partial charge in [-0.2, -0.15) is 4.98 Å². The molecule has 4 rings (SSSR count). The molecule has 1 unspecified atom stereocenters. The fourth-order valence-corrected chi connectivity index (χ4v) is 3.77. The smallest absolute Gasteiger partial charge is 0.227 e. The highest BCUT2D eigenvalue weighted by Gasteiger charge is 2.44. The van der Waals surface area contributed by atoms with Crippen LogP contribution in [-0.2, 0) is 11.8 Å². The molecule has 1 aliphatic carbocycles. The highest BCUT2D eigenvalue weighted by atomic mass is 15.3. The van der Waals surface area contributed by atoms with Crippen molar-refractivity contribution in [1.29, 1.82) is 0 Å². The first-order valence-corrected chi connectivity index (χ1v) is 7.62. The Labute approximate surface area is 128 Å². The zero-order chi connectivity index (χ0) is 15.2. The second kappa shape index (κ2) is 4.79. The molecule has 0 aromatic carbocycles. The number of hydrogen-bond acceptors (Lipinski definition) is 7. The highest BCUT2D eigenvalue weighted by Crippen LogP contribution is 2.44. The van der Waals surface area contributed by atoms with Crippen LogP contribution in [0.5, 0.6) is 0 Å². The van der Waals surface area contributed by atoms with Crippen molar-refractivity contribution in [3.05, 3.63) is 29.7 Å². The predicted molar refractivity (Wildman–Crippen MR) is 84.3 cm³/mol. The normalized spacial score (nSPS) is 23.7. The lowest BCUT2D eigenvalue weighted by Crippen LogP contribution is -2.46. The van der Waals surface area contributed by atoms with Crippen LogP contribution in [0.4, 0.5) is 17.7 Å². The molecule has 114 valence electrons. The minimum atomic E-state index is 0.0403. The van der Waals surface area contributed by atoms with Crippen molar-refractivity contribution < 1.29 is 0 Å². The summed E-state index contributed by atoms with van der Waals surface area (Å²) in [5.41, 5.74) is 14.0. The van der Waals surface area contributed by atoms with Crippen LogP contribution in [0.2, 0.25) is 0 Å². The quantitative estimate of drug-likeness (QED) is 0.805. The van der Waals surface area contributed by atoms with E-state index in [1.807, 2.05) is 6.20 Å². The Morgan fingerprint density at radius 3 is 2.91 bits per heavy atom. The summed E-state index contributed by atoms with van der Waals surface area (Å²) in [6, 6.07) is 1.71. The van der Waals surface area contributed by atoms with Crippen LogP contribution in [0.3, 0.4) is 0 Å². The van der Waals surface area contributed by atoms with E-state index in [4.69, 9.17) is 11.5 Å². The van der Waals surface area contributed by atoms with E-state index in [1.54, 1.807) is 12.3 Å². The van der Waals surface area contributed by atoms with Gasteiger partial charge in [-0.25, -0.2) is 15.0 Å². The van der Waals surface area contributed by atoms with Crippen LogP contribution in [0, 0.1) is 0 Å². The topological polar surface area (TPSA) is 107 Å². The summed E-state index contributed by atoms with van der Waals surface area (Å²) in [7, 11) is 0. The van der Waals surface area contributed by atoms with Crippen LogP contribution >= 0.6 is 0 Å². The zero-order valence-corrected chi connectivity index (χ0v) is 12.4. The fourth-order valence-electron chi connectivity index (χ4n) is 3.77. The number of fused-ring (bicyclic) bond motifs is 2. The molecule has 2 aromatic heterocycles. The molecular weight excluding hydrogens is 278 g/mol. The van der Waals surface area contributed by atoms with E-state index in [0.29, 0.717) is 17.7 Å². The molecule has 4 N–H and O–H groups in total. The van der Waals surface area contributed by atoms with Crippen LogP contribution in [-0.4, -0.2) is 33.0 Å². The number of nitrogens with two attached hydrogens (primary N) is 2. The van der Waals surface area contributed by atoms with E-state index in [-0.39, 0.29) is 5.41 Å². The molecule has 1 atom stereocenters. The number of anilines is 3. The fraction of sp³-hybridized carbons (Fsp3) is 0.467. The Hall–Kier alpha value is -2.44. The first kappa shape index (κ1) is 13.2. The standard InChI is InChI=1S/C15H19N7/c16-11-3-6-18-14(20-11)22-7-1-4-15(9-22)5-2-10-8-19-13(17)21-12(10)15/h3,6,8H,1-2,4-5,7,9H2,(H2,16,18,20)(H2,17,19,21). The number of aryl methyl sites for hydroxylation is 1. The Morgan fingerprint density at radius 1 is 1.14 bits per heavy atom. The third-order valence-corrected chi connectivity index (χ3v) is 4.78. The Morgan fingerprint density at radius 2 is 2.05 bits per heavy atom. The van der Waals surface area contributed by atoms with Gasteiger partial charge in [0.25, 0.3) is 0 Å². The van der Waals surface area contributed by atoms with Crippen LogP contribution in [0.25, 0.3) is 0 Å². The zero-order valence-electron chi connectivity index (χ0n) is 12.4. The number of hydrogen-bond donors (Lipinski definition) is 2. The van der Waals surface area contributed by atoms with Crippen LogP contribution in [0.1, 0.15) is 30.5 Å². The van der Waals surface area contributed by atoms with Gasteiger partial charge < -0.3 is 16.4 Å². The molecule has 0 amide bonds. The van der Waals surface area contributed by atoms with E-state index in [1.165, 1.54) is 5.56 Å². The number of nitrogens with zero attached hydrogens (tertiary/aromatic N) is 5. The van der Waals surface area contributed by atoms with Crippen molar-refractivity contribution in [2.45, 2.75) is 31.1 Å². The molecule has 7 nitrogen and oxygen atoms in total. The van der Waals surface area contributed by atoms with Crippen LogP contribution < -0.4 is 16.4 Å². The number of nitrogen functional groups attached to an aromatic ring is 2. The number of aromatic nitrogens is 4. The molecule has 7 heteroatoms. The second-order valence-electron chi connectivity index (χ2n) is 6.19. The molecule has 0 radical (unpaired) electrons. The van der Waals surface area contributed by atoms with Gasteiger partial charge >= 0.3 is 0 Å². The number of rotatable bonds is 1. The molecule has 1 spiro atoms. The lowest BCUT2D eigenvalue weighted by atomic mass is 9.77. The van der Waals surface area contributed by atoms with Gasteiger partial charge in [0.1, 0.15) is 5.82 Å². The van der Waals surface area contributed by atoms with Gasteiger partial charge in [0, 0.05) is 30.9 Å². The van der Waals surface area contributed by atoms with Crippen LogP contribution in [0.15, 0.2) is 18.5 Å². The Kier molecular flexibility index (Phi) is 2.88. The predicted octanol–water partition coefficient (Wildman–Crippen LogP) is 0.915. The summed E-state index contributed by atoms with van der Waals surface area (Å²) in [6.07, 6.45) is 7.89. The molecule has 0 saturated carbocycles. The molecule has 0 bridgehead atoms. The van der Waals surface area contributed by atoms with Crippen molar-refractivity contribution in [3.8, 4) is 0 Å². The van der Waals surface area contributed by atoms with E-state index in [2.05, 4.69) is 24.8 Å². The van der Waals surface area contributed by atoms with Gasteiger partial charge in [0.15, 0.2) is 0 Å². The molecule has 1 fully saturated rings. The molecular formula is C15H19N7. The van der Waals surface area contributed by atoms with E-state index in [0.717, 1.165) is 44.5 Å². The van der Waals surface area contributed by atoms with Gasteiger partial charge in [0.2, 0.25) is 11.9 Å². The molecule has 22 heavy (non-hydrogen) atoms. The monoisotopic (exact) mass is 297 g/mol. The first-order chi connectivity index (χ1) is 10.7. The number of piperidine rings is 1. The summed E-state index contributed by atoms with van der Waals surface area (Å²) >= 11 is 0.